The Kier molecular flexibility index (Phi) is 3.92. The van der Waals surface area contributed by atoms with Gasteiger partial charge in [-0.25, -0.2) is 0 Å². The van der Waals surface area contributed by atoms with Gasteiger partial charge >= 0.3 is 0 Å². The predicted octanol–water partition coefficient (Wildman–Crippen LogP) is 3.22. The highest BCUT2D eigenvalue weighted by molar-refractivity contribution is 6.30. The monoisotopic (exact) mass is 342 g/mol. The highest BCUT2D eigenvalue weighted by Gasteiger charge is 2.18. The standard InChI is InChI=1S/C17H15ClN4O2/c1-11-4-2-3-5-15(11)17-19-21-22(20-17)8-12-6-14(18)7-13-9-23-10-24-16(12)13/h2-7H,8-10H2,1H3. The molecule has 0 aliphatic carbocycles. The molecule has 0 fully saturated rings. The first-order chi connectivity index (χ1) is 11.7. The van der Waals surface area contributed by atoms with Gasteiger partial charge in [0, 0.05) is 21.7 Å². The Bertz CT molecular complexity index is 894. The van der Waals surface area contributed by atoms with Crippen molar-refractivity contribution in [1.29, 1.82) is 0 Å². The maximum absolute atomic E-state index is 6.19. The Labute approximate surface area is 144 Å². The molecule has 0 saturated heterocycles. The molecular formula is C17H15ClN4O2. The molecule has 0 N–H and O–H groups in total. The predicted molar refractivity (Wildman–Crippen MR) is 88.8 cm³/mol. The first-order valence-corrected chi connectivity index (χ1v) is 7.94. The summed E-state index contributed by atoms with van der Waals surface area (Å²) in [6.45, 7) is 3.18. The van der Waals surface area contributed by atoms with Crippen LogP contribution in [0.25, 0.3) is 11.4 Å². The minimum absolute atomic E-state index is 0.237. The third-order valence-electron chi connectivity index (χ3n) is 3.90. The van der Waals surface area contributed by atoms with E-state index in [9.17, 15) is 0 Å². The van der Waals surface area contributed by atoms with Gasteiger partial charge in [0.2, 0.25) is 5.82 Å². The molecule has 0 amide bonds. The lowest BCUT2D eigenvalue weighted by molar-refractivity contribution is -0.0171. The van der Waals surface area contributed by atoms with E-state index in [-0.39, 0.29) is 6.79 Å². The van der Waals surface area contributed by atoms with Gasteiger partial charge in [-0.15, -0.1) is 10.2 Å². The molecule has 0 atom stereocenters. The zero-order chi connectivity index (χ0) is 16.5. The first-order valence-electron chi connectivity index (χ1n) is 7.56. The number of aromatic nitrogens is 4. The Morgan fingerprint density at radius 3 is 3.00 bits per heavy atom. The van der Waals surface area contributed by atoms with Crippen LogP contribution in [0.5, 0.6) is 5.75 Å². The highest BCUT2D eigenvalue weighted by atomic mass is 35.5. The molecule has 6 nitrogen and oxygen atoms in total. The Hall–Kier alpha value is -2.44. The summed E-state index contributed by atoms with van der Waals surface area (Å²) in [6.07, 6.45) is 0. The Morgan fingerprint density at radius 1 is 1.25 bits per heavy atom. The SMILES string of the molecule is Cc1ccccc1-c1nnn(Cc2cc(Cl)cc3c2OCOC3)n1. The number of tetrazole rings is 1. The lowest BCUT2D eigenvalue weighted by Gasteiger charge is -2.20. The molecule has 1 aromatic heterocycles. The number of nitrogens with zero attached hydrogens (tertiary/aromatic N) is 4. The van der Waals surface area contributed by atoms with Crippen molar-refractivity contribution in [2.75, 3.05) is 6.79 Å². The van der Waals surface area contributed by atoms with Crippen LogP contribution in [0.15, 0.2) is 36.4 Å². The van der Waals surface area contributed by atoms with E-state index in [0.717, 1.165) is 28.0 Å². The van der Waals surface area contributed by atoms with Crippen molar-refractivity contribution in [3.05, 3.63) is 58.1 Å². The van der Waals surface area contributed by atoms with Gasteiger partial charge in [0.05, 0.1) is 13.2 Å². The summed E-state index contributed by atoms with van der Waals surface area (Å²) in [7, 11) is 0. The number of rotatable bonds is 3. The third kappa shape index (κ3) is 2.86. The molecule has 2 heterocycles. The average Bonchev–Trinajstić information content (AvgIpc) is 3.03. The number of benzene rings is 2. The quantitative estimate of drug-likeness (QED) is 0.731. The third-order valence-corrected chi connectivity index (χ3v) is 4.12. The fourth-order valence-corrected chi connectivity index (χ4v) is 3.03. The maximum atomic E-state index is 6.19. The van der Waals surface area contributed by atoms with E-state index >= 15 is 0 Å². The van der Waals surface area contributed by atoms with Gasteiger partial charge in [-0.05, 0) is 29.8 Å². The number of hydrogen-bond acceptors (Lipinski definition) is 5. The minimum Gasteiger partial charge on any atom is -0.467 e. The first kappa shape index (κ1) is 15.1. The summed E-state index contributed by atoms with van der Waals surface area (Å²) >= 11 is 6.19. The molecule has 1 aliphatic rings. The number of aryl methyl sites for hydroxylation is 1. The largest absolute Gasteiger partial charge is 0.467 e. The van der Waals surface area contributed by atoms with Crippen LogP contribution in [-0.2, 0) is 17.9 Å². The van der Waals surface area contributed by atoms with Crippen molar-refractivity contribution in [1.82, 2.24) is 20.2 Å². The van der Waals surface area contributed by atoms with Gasteiger partial charge in [-0.3, -0.25) is 0 Å². The van der Waals surface area contributed by atoms with Crippen molar-refractivity contribution in [2.24, 2.45) is 0 Å². The topological polar surface area (TPSA) is 62.1 Å². The molecule has 0 saturated carbocycles. The van der Waals surface area contributed by atoms with Gasteiger partial charge in [-0.2, -0.15) is 4.80 Å². The van der Waals surface area contributed by atoms with Crippen molar-refractivity contribution in [3.8, 4) is 17.1 Å². The zero-order valence-corrected chi connectivity index (χ0v) is 13.8. The van der Waals surface area contributed by atoms with Crippen LogP contribution in [0, 0.1) is 6.92 Å². The van der Waals surface area contributed by atoms with Crippen LogP contribution in [-0.4, -0.2) is 27.0 Å². The van der Waals surface area contributed by atoms with E-state index in [1.165, 1.54) is 0 Å². The summed E-state index contributed by atoms with van der Waals surface area (Å²) in [4.78, 5) is 1.55. The Morgan fingerprint density at radius 2 is 2.12 bits per heavy atom. The summed E-state index contributed by atoms with van der Waals surface area (Å²) in [5.74, 6) is 1.40. The van der Waals surface area contributed by atoms with E-state index in [1.54, 1.807) is 4.80 Å². The molecule has 24 heavy (non-hydrogen) atoms. The molecule has 3 aromatic rings. The van der Waals surface area contributed by atoms with Crippen LogP contribution in [0.4, 0.5) is 0 Å². The smallest absolute Gasteiger partial charge is 0.205 e. The Balaban J connectivity index is 1.66. The second-order valence-corrected chi connectivity index (χ2v) is 6.06. The summed E-state index contributed by atoms with van der Waals surface area (Å²) in [5, 5.41) is 13.4. The van der Waals surface area contributed by atoms with Crippen LogP contribution >= 0.6 is 11.6 Å². The van der Waals surface area contributed by atoms with E-state index in [2.05, 4.69) is 15.4 Å². The van der Waals surface area contributed by atoms with Gasteiger partial charge < -0.3 is 9.47 Å². The molecule has 122 valence electrons. The van der Waals surface area contributed by atoms with Crippen molar-refractivity contribution >= 4 is 11.6 Å². The molecule has 4 rings (SSSR count). The molecular weight excluding hydrogens is 328 g/mol. The van der Waals surface area contributed by atoms with Gasteiger partial charge in [0.1, 0.15) is 5.75 Å². The lowest BCUT2D eigenvalue weighted by atomic mass is 10.1. The zero-order valence-electron chi connectivity index (χ0n) is 13.1. The summed E-state index contributed by atoms with van der Waals surface area (Å²) < 4.78 is 10.9. The van der Waals surface area contributed by atoms with Gasteiger partial charge in [0.25, 0.3) is 0 Å². The summed E-state index contributed by atoms with van der Waals surface area (Å²) in [6, 6.07) is 11.7. The molecule has 0 unspecified atom stereocenters. The molecule has 0 spiro atoms. The second kappa shape index (κ2) is 6.22. The van der Waals surface area contributed by atoms with Crippen LogP contribution in [0.3, 0.4) is 0 Å². The summed E-state index contributed by atoms with van der Waals surface area (Å²) in [5.41, 5.74) is 3.93. The molecule has 0 bridgehead atoms. The van der Waals surface area contributed by atoms with Crippen molar-refractivity contribution < 1.29 is 9.47 Å². The van der Waals surface area contributed by atoms with E-state index in [1.807, 2.05) is 43.3 Å². The van der Waals surface area contributed by atoms with E-state index in [4.69, 9.17) is 21.1 Å². The van der Waals surface area contributed by atoms with Gasteiger partial charge in [-0.1, -0.05) is 35.9 Å². The molecule has 0 radical (unpaired) electrons. The van der Waals surface area contributed by atoms with Crippen LogP contribution < -0.4 is 4.74 Å². The second-order valence-electron chi connectivity index (χ2n) is 5.62. The average molecular weight is 343 g/mol. The number of fused-ring (bicyclic) bond motifs is 1. The normalized spacial score (nSPS) is 13.4. The lowest BCUT2D eigenvalue weighted by Crippen LogP contribution is -2.15. The number of ether oxygens (including phenoxy) is 2. The van der Waals surface area contributed by atoms with Crippen molar-refractivity contribution in [3.63, 3.8) is 0 Å². The number of hydrogen-bond donors (Lipinski definition) is 0. The fraction of sp³-hybridized carbons (Fsp3) is 0.235. The fourth-order valence-electron chi connectivity index (χ4n) is 2.77. The maximum Gasteiger partial charge on any atom is 0.205 e. The van der Waals surface area contributed by atoms with E-state index < -0.39 is 0 Å². The molecule has 7 heteroatoms. The van der Waals surface area contributed by atoms with Crippen molar-refractivity contribution in [2.45, 2.75) is 20.1 Å². The van der Waals surface area contributed by atoms with Crippen LogP contribution in [0.1, 0.15) is 16.7 Å². The van der Waals surface area contributed by atoms with Crippen LogP contribution in [0.2, 0.25) is 5.02 Å². The molecule has 2 aromatic carbocycles. The minimum atomic E-state index is 0.237. The number of halogens is 1. The van der Waals surface area contributed by atoms with E-state index in [0.29, 0.717) is 24.0 Å². The van der Waals surface area contributed by atoms with Gasteiger partial charge in [0.15, 0.2) is 6.79 Å². The molecule has 1 aliphatic heterocycles. The highest BCUT2D eigenvalue weighted by Crippen LogP contribution is 2.32.